The summed E-state index contributed by atoms with van der Waals surface area (Å²) in [4.78, 5) is 16.1. The van der Waals surface area contributed by atoms with E-state index in [9.17, 15) is 13.2 Å². The largest absolute Gasteiger partial charge is 0.348 e. The van der Waals surface area contributed by atoms with Crippen LogP contribution >= 0.6 is 0 Å². The molecule has 7 nitrogen and oxygen atoms in total. The number of amides is 1. The number of carbonyl (C=O) groups is 1. The fraction of sp³-hybridized carbons (Fsp3) is 0.438. The van der Waals surface area contributed by atoms with Crippen LogP contribution in [0.2, 0.25) is 0 Å². The van der Waals surface area contributed by atoms with E-state index < -0.39 is 21.5 Å². The number of rotatable bonds is 5. The van der Waals surface area contributed by atoms with Crippen LogP contribution in [0.4, 0.5) is 0 Å². The zero-order valence-electron chi connectivity index (χ0n) is 13.4. The van der Waals surface area contributed by atoms with Gasteiger partial charge in [0, 0.05) is 6.42 Å². The molecule has 1 aliphatic carbocycles. The Balaban J connectivity index is 1.70. The molecule has 0 spiro atoms. The molecule has 1 aromatic heterocycles. The molecule has 1 unspecified atom stereocenters. The zero-order valence-corrected chi connectivity index (χ0v) is 14.3. The van der Waals surface area contributed by atoms with E-state index in [0.717, 1.165) is 24.8 Å². The first kappa shape index (κ1) is 16.6. The van der Waals surface area contributed by atoms with Crippen molar-refractivity contribution in [3.05, 3.63) is 41.2 Å². The highest BCUT2D eigenvalue weighted by Crippen LogP contribution is 2.29. The number of aromatic nitrogens is 3. The molecule has 1 aliphatic rings. The van der Waals surface area contributed by atoms with Gasteiger partial charge in [-0.2, -0.15) is 0 Å². The van der Waals surface area contributed by atoms with Gasteiger partial charge in [0.25, 0.3) is 5.16 Å². The Hall–Kier alpha value is -2.22. The fourth-order valence-electron chi connectivity index (χ4n) is 2.95. The third-order valence-electron chi connectivity index (χ3n) is 4.15. The van der Waals surface area contributed by atoms with Crippen molar-refractivity contribution in [2.75, 3.05) is 5.75 Å². The molecule has 0 saturated carbocycles. The van der Waals surface area contributed by atoms with Gasteiger partial charge in [0.1, 0.15) is 11.6 Å². The number of H-pyrrole nitrogens is 1. The molecule has 24 heavy (non-hydrogen) atoms. The molecule has 2 aromatic rings. The number of hydrogen-bond donors (Lipinski definition) is 2. The van der Waals surface area contributed by atoms with Gasteiger partial charge in [-0.25, -0.2) is 13.4 Å². The third-order valence-corrected chi connectivity index (χ3v) is 5.53. The molecule has 0 saturated heterocycles. The minimum atomic E-state index is -3.84. The van der Waals surface area contributed by atoms with Gasteiger partial charge in [-0.05, 0) is 30.4 Å². The Morgan fingerprint density at radius 2 is 2.17 bits per heavy atom. The number of nitrogens with one attached hydrogen (secondary N) is 2. The zero-order chi connectivity index (χ0) is 17.2. The Morgan fingerprint density at radius 1 is 1.38 bits per heavy atom. The lowest BCUT2D eigenvalue weighted by Crippen LogP contribution is -2.35. The van der Waals surface area contributed by atoms with Crippen LogP contribution < -0.4 is 5.32 Å². The van der Waals surface area contributed by atoms with Crippen molar-refractivity contribution in [2.45, 2.75) is 43.8 Å². The van der Waals surface area contributed by atoms with Gasteiger partial charge in [-0.1, -0.05) is 31.2 Å². The van der Waals surface area contributed by atoms with Crippen molar-refractivity contribution in [1.29, 1.82) is 0 Å². The van der Waals surface area contributed by atoms with E-state index in [-0.39, 0.29) is 11.2 Å². The number of fused-ring (bicyclic) bond motifs is 1. The Kier molecular flexibility index (Phi) is 4.66. The van der Waals surface area contributed by atoms with Crippen molar-refractivity contribution in [2.24, 2.45) is 0 Å². The predicted octanol–water partition coefficient (Wildman–Crippen LogP) is 1.33. The van der Waals surface area contributed by atoms with Crippen molar-refractivity contribution >= 4 is 15.7 Å². The highest BCUT2D eigenvalue weighted by atomic mass is 32.2. The summed E-state index contributed by atoms with van der Waals surface area (Å²) in [7, 11) is -3.84. The van der Waals surface area contributed by atoms with Crippen LogP contribution in [0.1, 0.15) is 42.8 Å². The number of aryl methyl sites for hydroxylation is 2. The number of aromatic amines is 1. The maximum Gasteiger partial charge on any atom is 0.267 e. The first-order chi connectivity index (χ1) is 11.5. The average Bonchev–Trinajstić information content (AvgIpc) is 3.05. The highest BCUT2D eigenvalue weighted by molar-refractivity contribution is 7.91. The van der Waals surface area contributed by atoms with Crippen LogP contribution in [0.5, 0.6) is 0 Å². The average molecular weight is 348 g/mol. The number of carbonyl (C=O) groups excluding carboxylic acids is 1. The Morgan fingerprint density at radius 3 is 2.92 bits per heavy atom. The molecule has 0 fully saturated rings. The molecular weight excluding hydrogens is 328 g/mol. The van der Waals surface area contributed by atoms with E-state index in [0.29, 0.717) is 12.2 Å². The van der Waals surface area contributed by atoms with Crippen LogP contribution in [-0.2, 0) is 27.5 Å². The molecule has 128 valence electrons. The monoisotopic (exact) mass is 348 g/mol. The summed E-state index contributed by atoms with van der Waals surface area (Å²) in [6, 6.07) is 7.79. The van der Waals surface area contributed by atoms with Crippen LogP contribution in [0.3, 0.4) is 0 Å². The first-order valence-electron chi connectivity index (χ1n) is 8.01. The van der Waals surface area contributed by atoms with Crippen molar-refractivity contribution < 1.29 is 13.2 Å². The summed E-state index contributed by atoms with van der Waals surface area (Å²) < 4.78 is 24.5. The van der Waals surface area contributed by atoms with Gasteiger partial charge in [0.15, 0.2) is 0 Å². The summed E-state index contributed by atoms with van der Waals surface area (Å²) in [5.74, 6) is -0.693. The number of sulfone groups is 1. The van der Waals surface area contributed by atoms with Crippen LogP contribution in [0, 0.1) is 0 Å². The van der Waals surface area contributed by atoms with Gasteiger partial charge in [-0.15, -0.1) is 5.10 Å². The molecule has 1 heterocycles. The van der Waals surface area contributed by atoms with E-state index in [1.165, 1.54) is 5.56 Å². The topological polar surface area (TPSA) is 105 Å². The van der Waals surface area contributed by atoms with E-state index in [2.05, 4.69) is 20.5 Å². The molecule has 0 bridgehead atoms. The molecule has 1 aromatic carbocycles. The van der Waals surface area contributed by atoms with Crippen molar-refractivity contribution in [3.63, 3.8) is 0 Å². The van der Waals surface area contributed by atoms with Gasteiger partial charge < -0.3 is 5.32 Å². The quantitative estimate of drug-likeness (QED) is 0.848. The first-order valence-corrected chi connectivity index (χ1v) is 9.66. The molecule has 0 aliphatic heterocycles. The summed E-state index contributed by atoms with van der Waals surface area (Å²) in [6.07, 6.45) is 3.31. The van der Waals surface area contributed by atoms with E-state index >= 15 is 0 Å². The summed E-state index contributed by atoms with van der Waals surface area (Å²) in [5.41, 5.74) is 2.28. The van der Waals surface area contributed by atoms with Gasteiger partial charge in [0.05, 0.1) is 6.04 Å². The standard InChI is InChI=1S/C16H20N4O3S/c1-2-14-18-16(20-19-14)24(22,23)10-15(21)17-13-9-5-7-11-6-3-4-8-12(11)13/h3-4,6,8,13H,2,5,7,9-10H2,1H3,(H,17,21)(H,18,19,20). The third kappa shape index (κ3) is 3.48. The maximum atomic E-state index is 12.3. The molecular formula is C16H20N4O3S. The molecule has 2 N–H and O–H groups in total. The summed E-state index contributed by atoms with van der Waals surface area (Å²) in [5, 5.41) is 8.76. The van der Waals surface area contributed by atoms with E-state index in [1.54, 1.807) is 0 Å². The second-order valence-corrected chi connectivity index (χ2v) is 7.77. The number of hydrogen-bond acceptors (Lipinski definition) is 5. The van der Waals surface area contributed by atoms with Crippen molar-refractivity contribution in [1.82, 2.24) is 20.5 Å². The van der Waals surface area contributed by atoms with Gasteiger partial charge in [-0.3, -0.25) is 9.89 Å². The normalized spacial score (nSPS) is 17.3. The Bertz CT molecular complexity index is 845. The molecule has 3 rings (SSSR count). The summed E-state index contributed by atoms with van der Waals surface area (Å²) >= 11 is 0. The second kappa shape index (κ2) is 6.72. The van der Waals surface area contributed by atoms with Crippen LogP contribution in [-0.4, -0.2) is 35.3 Å². The minimum absolute atomic E-state index is 0.143. The minimum Gasteiger partial charge on any atom is -0.348 e. The van der Waals surface area contributed by atoms with Gasteiger partial charge >= 0.3 is 0 Å². The Labute approximate surface area is 140 Å². The predicted molar refractivity (Wildman–Crippen MR) is 88.1 cm³/mol. The lowest BCUT2D eigenvalue weighted by molar-refractivity contribution is -0.119. The maximum absolute atomic E-state index is 12.3. The lowest BCUT2D eigenvalue weighted by atomic mass is 9.88. The molecule has 0 radical (unpaired) electrons. The smallest absolute Gasteiger partial charge is 0.267 e. The van der Waals surface area contributed by atoms with E-state index in [1.807, 2.05) is 31.2 Å². The molecule has 1 atom stereocenters. The van der Waals surface area contributed by atoms with Crippen molar-refractivity contribution in [3.8, 4) is 0 Å². The number of nitrogens with zero attached hydrogens (tertiary/aromatic N) is 2. The van der Waals surface area contributed by atoms with Crippen LogP contribution in [0.15, 0.2) is 29.4 Å². The number of benzene rings is 1. The van der Waals surface area contributed by atoms with Gasteiger partial charge in [0.2, 0.25) is 15.7 Å². The summed E-state index contributed by atoms with van der Waals surface area (Å²) in [6.45, 7) is 1.84. The van der Waals surface area contributed by atoms with Crippen LogP contribution in [0.25, 0.3) is 0 Å². The van der Waals surface area contributed by atoms with E-state index in [4.69, 9.17) is 0 Å². The highest BCUT2D eigenvalue weighted by Gasteiger charge is 2.27. The molecule has 1 amide bonds. The molecule has 8 heteroatoms. The second-order valence-electron chi connectivity index (χ2n) is 5.89. The SMILES string of the molecule is CCc1nc(S(=O)(=O)CC(=O)NC2CCCc3ccccc32)n[nH]1. The fourth-order valence-corrected chi connectivity index (χ4v) is 3.94. The lowest BCUT2D eigenvalue weighted by Gasteiger charge is -2.26.